The molecule has 0 bridgehead atoms. The van der Waals surface area contributed by atoms with Crippen LogP contribution < -0.4 is 16.0 Å². The predicted octanol–water partition coefficient (Wildman–Crippen LogP) is 2.80. The zero-order valence-electron chi connectivity index (χ0n) is 14.7. The molecule has 0 radical (unpaired) electrons. The minimum Gasteiger partial charge on any atom is -0.370 e. The molecule has 136 valence electrons. The van der Waals surface area contributed by atoms with Gasteiger partial charge in [0.05, 0.1) is 17.3 Å². The van der Waals surface area contributed by atoms with Crippen LogP contribution in [0.1, 0.15) is 38.5 Å². The maximum Gasteiger partial charge on any atom is 0.314 e. The number of urea groups is 1. The number of piperidine rings is 1. The van der Waals surface area contributed by atoms with E-state index in [2.05, 4.69) is 16.3 Å². The van der Waals surface area contributed by atoms with Gasteiger partial charge in [0, 0.05) is 26.2 Å². The molecule has 0 spiro atoms. The highest BCUT2D eigenvalue weighted by atomic mass is 16.2. The van der Waals surface area contributed by atoms with Gasteiger partial charge in [0.2, 0.25) is 5.91 Å². The molecule has 1 aromatic carbocycles. The number of nitrogens with zero attached hydrogens (tertiary/aromatic N) is 2. The van der Waals surface area contributed by atoms with Gasteiger partial charge < -0.3 is 20.9 Å². The van der Waals surface area contributed by atoms with E-state index in [-0.39, 0.29) is 11.8 Å². The van der Waals surface area contributed by atoms with Crippen molar-refractivity contribution in [3.05, 3.63) is 24.3 Å². The topological polar surface area (TPSA) is 78.7 Å². The number of carbonyl (C=O) groups is 2. The van der Waals surface area contributed by atoms with Crippen LogP contribution in [0.15, 0.2) is 24.3 Å². The number of nitrogens with one attached hydrogen (secondary N) is 1. The molecular formula is C19H28N4O2. The summed E-state index contributed by atoms with van der Waals surface area (Å²) in [4.78, 5) is 28.1. The van der Waals surface area contributed by atoms with Crippen molar-refractivity contribution < 1.29 is 9.59 Å². The van der Waals surface area contributed by atoms with Gasteiger partial charge in [0.1, 0.15) is 0 Å². The molecule has 0 aliphatic carbocycles. The molecule has 3 rings (SSSR count). The first-order valence-corrected chi connectivity index (χ1v) is 9.34. The fourth-order valence-corrected chi connectivity index (χ4v) is 3.79. The summed E-state index contributed by atoms with van der Waals surface area (Å²) in [6.45, 7) is 3.12. The third-order valence-corrected chi connectivity index (χ3v) is 5.21. The summed E-state index contributed by atoms with van der Waals surface area (Å²) in [6, 6.07) is 7.57. The Morgan fingerprint density at radius 1 is 1.00 bits per heavy atom. The standard InChI is InChI=1S/C19H28N4O2/c20-19(25)23-13-7-8-15(14-23)18(24)21-16-9-3-4-10-17(16)22-11-5-1-2-6-12-22/h3-4,9-10,15H,1-2,5-8,11-14H2,(H2,20,25)(H,21,24). The zero-order chi connectivity index (χ0) is 17.6. The van der Waals surface area contributed by atoms with E-state index in [9.17, 15) is 9.59 Å². The Hall–Kier alpha value is -2.24. The number of carbonyl (C=O) groups excluding carboxylic acids is 2. The molecule has 2 saturated heterocycles. The van der Waals surface area contributed by atoms with Crippen LogP contribution in [-0.2, 0) is 4.79 Å². The Morgan fingerprint density at radius 2 is 1.72 bits per heavy atom. The van der Waals surface area contributed by atoms with Gasteiger partial charge in [0.15, 0.2) is 0 Å². The first kappa shape index (κ1) is 17.6. The van der Waals surface area contributed by atoms with Gasteiger partial charge in [-0.1, -0.05) is 25.0 Å². The van der Waals surface area contributed by atoms with Gasteiger partial charge in [-0.25, -0.2) is 4.79 Å². The van der Waals surface area contributed by atoms with Crippen LogP contribution in [0.25, 0.3) is 0 Å². The number of likely N-dealkylation sites (tertiary alicyclic amines) is 1. The van der Waals surface area contributed by atoms with Gasteiger partial charge in [-0.15, -0.1) is 0 Å². The lowest BCUT2D eigenvalue weighted by molar-refractivity contribution is -0.121. The van der Waals surface area contributed by atoms with Gasteiger partial charge >= 0.3 is 6.03 Å². The second kappa shape index (κ2) is 8.23. The summed E-state index contributed by atoms with van der Waals surface area (Å²) in [7, 11) is 0. The largest absolute Gasteiger partial charge is 0.370 e. The Labute approximate surface area is 149 Å². The minimum absolute atomic E-state index is 0.0202. The van der Waals surface area contributed by atoms with Gasteiger partial charge in [0.25, 0.3) is 0 Å². The van der Waals surface area contributed by atoms with Crippen LogP contribution in [0.4, 0.5) is 16.2 Å². The van der Waals surface area contributed by atoms with Crippen LogP contribution >= 0.6 is 0 Å². The number of anilines is 2. The summed E-state index contributed by atoms with van der Waals surface area (Å²) in [5.41, 5.74) is 7.33. The van der Waals surface area contributed by atoms with E-state index < -0.39 is 6.03 Å². The van der Waals surface area contributed by atoms with E-state index in [1.165, 1.54) is 25.7 Å². The van der Waals surface area contributed by atoms with Crippen molar-refractivity contribution in [3.8, 4) is 0 Å². The molecule has 3 amide bonds. The summed E-state index contributed by atoms with van der Waals surface area (Å²) >= 11 is 0. The van der Waals surface area contributed by atoms with E-state index in [1.54, 1.807) is 4.90 Å². The molecule has 3 N–H and O–H groups in total. The molecule has 6 nitrogen and oxygen atoms in total. The fraction of sp³-hybridized carbons (Fsp3) is 0.579. The molecule has 0 saturated carbocycles. The van der Waals surface area contributed by atoms with Crippen molar-refractivity contribution in [2.24, 2.45) is 11.7 Å². The van der Waals surface area contributed by atoms with Crippen molar-refractivity contribution in [2.75, 3.05) is 36.4 Å². The molecule has 25 heavy (non-hydrogen) atoms. The molecule has 2 fully saturated rings. The summed E-state index contributed by atoms with van der Waals surface area (Å²) in [5, 5.41) is 3.10. The zero-order valence-corrected chi connectivity index (χ0v) is 14.7. The quantitative estimate of drug-likeness (QED) is 0.885. The normalized spacial score (nSPS) is 21.5. The number of primary amides is 1. The SMILES string of the molecule is NC(=O)N1CCCC(C(=O)Nc2ccccc2N2CCCCCC2)C1. The number of rotatable bonds is 3. The fourth-order valence-electron chi connectivity index (χ4n) is 3.79. The predicted molar refractivity (Wildman–Crippen MR) is 99.6 cm³/mol. The van der Waals surface area contributed by atoms with Crippen molar-refractivity contribution in [1.82, 2.24) is 4.90 Å². The molecule has 1 unspecified atom stereocenters. The smallest absolute Gasteiger partial charge is 0.314 e. The molecule has 1 aromatic rings. The third kappa shape index (κ3) is 4.44. The van der Waals surface area contributed by atoms with Gasteiger partial charge in [-0.2, -0.15) is 0 Å². The Balaban J connectivity index is 1.69. The number of benzene rings is 1. The number of hydrogen-bond acceptors (Lipinski definition) is 3. The van der Waals surface area contributed by atoms with Crippen LogP contribution in [0.2, 0.25) is 0 Å². The lowest BCUT2D eigenvalue weighted by Gasteiger charge is -2.31. The lowest BCUT2D eigenvalue weighted by atomic mass is 9.97. The van der Waals surface area contributed by atoms with Gasteiger partial charge in [-0.3, -0.25) is 4.79 Å². The summed E-state index contributed by atoms with van der Waals surface area (Å²) in [5.74, 6) is -0.216. The number of hydrogen-bond donors (Lipinski definition) is 2. The maximum absolute atomic E-state index is 12.7. The second-order valence-corrected chi connectivity index (χ2v) is 7.03. The minimum atomic E-state index is -0.442. The Kier molecular flexibility index (Phi) is 5.79. The third-order valence-electron chi connectivity index (χ3n) is 5.21. The highest BCUT2D eigenvalue weighted by molar-refractivity contribution is 5.96. The first-order chi connectivity index (χ1) is 12.1. The van der Waals surface area contributed by atoms with E-state index in [0.717, 1.165) is 37.3 Å². The van der Waals surface area contributed by atoms with Crippen molar-refractivity contribution in [3.63, 3.8) is 0 Å². The lowest BCUT2D eigenvalue weighted by Crippen LogP contribution is -2.46. The molecule has 2 heterocycles. The average molecular weight is 344 g/mol. The van der Waals surface area contributed by atoms with E-state index >= 15 is 0 Å². The van der Waals surface area contributed by atoms with E-state index in [1.807, 2.05) is 18.2 Å². The number of amides is 3. The van der Waals surface area contributed by atoms with E-state index in [0.29, 0.717) is 13.1 Å². The summed E-state index contributed by atoms with van der Waals surface area (Å²) in [6.07, 6.45) is 6.54. The summed E-state index contributed by atoms with van der Waals surface area (Å²) < 4.78 is 0. The van der Waals surface area contributed by atoms with Crippen LogP contribution in [0, 0.1) is 5.92 Å². The molecule has 2 aliphatic rings. The van der Waals surface area contributed by atoms with Crippen LogP contribution in [-0.4, -0.2) is 43.0 Å². The van der Waals surface area contributed by atoms with Crippen molar-refractivity contribution in [1.29, 1.82) is 0 Å². The molecule has 1 atom stereocenters. The molecular weight excluding hydrogens is 316 g/mol. The number of para-hydroxylation sites is 2. The Bertz CT molecular complexity index is 611. The highest BCUT2D eigenvalue weighted by Crippen LogP contribution is 2.29. The maximum atomic E-state index is 12.7. The van der Waals surface area contributed by atoms with Crippen molar-refractivity contribution >= 4 is 23.3 Å². The van der Waals surface area contributed by atoms with Crippen molar-refractivity contribution in [2.45, 2.75) is 38.5 Å². The van der Waals surface area contributed by atoms with Crippen LogP contribution in [0.5, 0.6) is 0 Å². The number of nitrogens with two attached hydrogens (primary N) is 1. The molecule has 6 heteroatoms. The van der Waals surface area contributed by atoms with Crippen LogP contribution in [0.3, 0.4) is 0 Å². The monoisotopic (exact) mass is 344 g/mol. The Morgan fingerprint density at radius 3 is 2.44 bits per heavy atom. The molecule has 0 aromatic heterocycles. The highest BCUT2D eigenvalue weighted by Gasteiger charge is 2.28. The molecule has 2 aliphatic heterocycles. The van der Waals surface area contributed by atoms with E-state index in [4.69, 9.17) is 5.73 Å². The first-order valence-electron chi connectivity index (χ1n) is 9.34. The van der Waals surface area contributed by atoms with Gasteiger partial charge in [-0.05, 0) is 37.8 Å². The second-order valence-electron chi connectivity index (χ2n) is 7.03. The average Bonchev–Trinajstić information content (AvgIpc) is 2.91.